The summed E-state index contributed by atoms with van der Waals surface area (Å²) in [5.74, 6) is 0. The predicted molar refractivity (Wildman–Crippen MR) is 54.7 cm³/mol. The minimum absolute atomic E-state index is 0.466. The smallest absolute Gasteiger partial charge is 0.0885 e. The van der Waals surface area contributed by atoms with Crippen LogP contribution in [-0.2, 0) is 9.47 Å². The van der Waals surface area contributed by atoms with Crippen LogP contribution < -0.4 is 5.32 Å². The van der Waals surface area contributed by atoms with E-state index < -0.39 is 0 Å². The molecule has 3 heteroatoms. The van der Waals surface area contributed by atoms with Crippen LogP contribution in [0.3, 0.4) is 0 Å². The molecule has 0 rings (SSSR count). The monoisotopic (exact) mass is 187 g/mol. The van der Waals surface area contributed by atoms with Crippen LogP contribution in [0.4, 0.5) is 0 Å². The quantitative estimate of drug-likeness (QED) is 0.439. The summed E-state index contributed by atoms with van der Waals surface area (Å²) in [6.45, 7) is 8.11. The van der Waals surface area contributed by atoms with Gasteiger partial charge in [-0.05, 0) is 19.4 Å². The highest BCUT2D eigenvalue weighted by molar-refractivity contribution is 4.63. The van der Waals surface area contributed by atoms with E-state index in [1.165, 1.54) is 6.26 Å². The van der Waals surface area contributed by atoms with E-state index in [-0.39, 0.29) is 0 Å². The Morgan fingerprint density at radius 1 is 1.54 bits per heavy atom. The summed E-state index contributed by atoms with van der Waals surface area (Å²) >= 11 is 0. The molecule has 0 amide bonds. The summed E-state index contributed by atoms with van der Waals surface area (Å²) in [6.07, 6.45) is 3.58. The minimum Gasteiger partial charge on any atom is -0.502 e. The fraction of sp³-hybridized carbons (Fsp3) is 0.800. The van der Waals surface area contributed by atoms with Crippen LogP contribution in [0.2, 0.25) is 0 Å². The zero-order valence-electron chi connectivity index (χ0n) is 8.71. The molecule has 0 aliphatic rings. The molecule has 0 fully saturated rings. The lowest BCUT2D eigenvalue weighted by atomic mass is 10.2. The van der Waals surface area contributed by atoms with Gasteiger partial charge in [0.1, 0.15) is 0 Å². The van der Waals surface area contributed by atoms with Gasteiger partial charge in [0.15, 0.2) is 0 Å². The first-order valence-electron chi connectivity index (χ1n) is 4.80. The molecule has 0 bridgehead atoms. The Balaban J connectivity index is 3.22. The van der Waals surface area contributed by atoms with Crippen LogP contribution >= 0.6 is 0 Å². The predicted octanol–water partition coefficient (Wildman–Crippen LogP) is 1.55. The Morgan fingerprint density at radius 3 is 2.85 bits per heavy atom. The third-order valence-electron chi connectivity index (χ3n) is 1.85. The van der Waals surface area contributed by atoms with Crippen LogP contribution in [0.5, 0.6) is 0 Å². The SMILES string of the molecule is C=COCCCNC(CC)COC. The van der Waals surface area contributed by atoms with Crippen molar-refractivity contribution in [2.45, 2.75) is 25.8 Å². The van der Waals surface area contributed by atoms with E-state index in [0.717, 1.165) is 32.6 Å². The van der Waals surface area contributed by atoms with Gasteiger partial charge in [0.2, 0.25) is 0 Å². The number of hydrogen-bond donors (Lipinski definition) is 1. The first kappa shape index (κ1) is 12.5. The molecule has 0 aliphatic carbocycles. The molecule has 13 heavy (non-hydrogen) atoms. The zero-order valence-corrected chi connectivity index (χ0v) is 8.71. The Morgan fingerprint density at radius 2 is 2.31 bits per heavy atom. The molecule has 1 atom stereocenters. The third-order valence-corrected chi connectivity index (χ3v) is 1.85. The van der Waals surface area contributed by atoms with Gasteiger partial charge in [0.25, 0.3) is 0 Å². The number of methoxy groups -OCH3 is 1. The Labute approximate surface area is 81.1 Å². The summed E-state index contributed by atoms with van der Waals surface area (Å²) in [6, 6.07) is 0.466. The maximum Gasteiger partial charge on any atom is 0.0885 e. The standard InChI is InChI=1S/C10H21NO2/c1-4-10(9-12-3)11-7-6-8-13-5-2/h5,10-11H,2,4,6-9H2,1,3H3. The van der Waals surface area contributed by atoms with Gasteiger partial charge in [-0.2, -0.15) is 0 Å². The van der Waals surface area contributed by atoms with Gasteiger partial charge in [-0.1, -0.05) is 13.5 Å². The first-order chi connectivity index (χ1) is 6.35. The second-order valence-electron chi connectivity index (χ2n) is 2.91. The van der Waals surface area contributed by atoms with Crippen LogP contribution in [0.15, 0.2) is 12.8 Å². The topological polar surface area (TPSA) is 30.5 Å². The number of nitrogens with one attached hydrogen (secondary N) is 1. The highest BCUT2D eigenvalue weighted by Gasteiger charge is 2.02. The van der Waals surface area contributed by atoms with E-state index in [1.807, 2.05) is 0 Å². The molecule has 0 saturated heterocycles. The molecule has 3 nitrogen and oxygen atoms in total. The van der Waals surface area contributed by atoms with E-state index >= 15 is 0 Å². The summed E-state index contributed by atoms with van der Waals surface area (Å²) in [7, 11) is 1.73. The van der Waals surface area contributed by atoms with Crippen molar-refractivity contribution in [3.05, 3.63) is 12.8 Å². The lowest BCUT2D eigenvalue weighted by Crippen LogP contribution is -2.33. The van der Waals surface area contributed by atoms with Gasteiger partial charge in [0, 0.05) is 13.2 Å². The number of rotatable bonds is 9. The maximum absolute atomic E-state index is 5.06. The van der Waals surface area contributed by atoms with E-state index in [2.05, 4.69) is 18.8 Å². The van der Waals surface area contributed by atoms with Gasteiger partial charge in [-0.15, -0.1) is 0 Å². The molecular formula is C10H21NO2. The molecule has 0 saturated carbocycles. The largest absolute Gasteiger partial charge is 0.502 e. The molecule has 0 spiro atoms. The number of hydrogen-bond acceptors (Lipinski definition) is 3. The molecule has 0 aromatic carbocycles. The fourth-order valence-electron chi connectivity index (χ4n) is 1.07. The number of ether oxygens (including phenoxy) is 2. The van der Waals surface area contributed by atoms with Crippen molar-refractivity contribution in [2.75, 3.05) is 26.9 Å². The van der Waals surface area contributed by atoms with Crippen molar-refractivity contribution in [1.29, 1.82) is 0 Å². The van der Waals surface area contributed by atoms with E-state index in [1.54, 1.807) is 7.11 Å². The lowest BCUT2D eigenvalue weighted by Gasteiger charge is -2.15. The summed E-state index contributed by atoms with van der Waals surface area (Å²) < 4.78 is 10.1. The molecule has 0 radical (unpaired) electrons. The third kappa shape index (κ3) is 7.81. The Bertz CT molecular complexity index is 117. The van der Waals surface area contributed by atoms with E-state index in [9.17, 15) is 0 Å². The molecule has 1 unspecified atom stereocenters. The van der Waals surface area contributed by atoms with Crippen molar-refractivity contribution in [1.82, 2.24) is 5.32 Å². The molecular weight excluding hydrogens is 166 g/mol. The van der Waals surface area contributed by atoms with Gasteiger partial charge in [0.05, 0.1) is 19.5 Å². The molecule has 0 aromatic heterocycles. The average Bonchev–Trinajstić information content (AvgIpc) is 2.16. The van der Waals surface area contributed by atoms with Crippen molar-refractivity contribution in [2.24, 2.45) is 0 Å². The van der Waals surface area contributed by atoms with Crippen molar-refractivity contribution in [3.63, 3.8) is 0 Å². The summed E-state index contributed by atoms with van der Waals surface area (Å²) in [5.41, 5.74) is 0. The molecule has 0 aromatic rings. The van der Waals surface area contributed by atoms with Crippen LogP contribution in [0, 0.1) is 0 Å². The first-order valence-corrected chi connectivity index (χ1v) is 4.80. The van der Waals surface area contributed by atoms with Crippen LogP contribution in [-0.4, -0.2) is 32.9 Å². The van der Waals surface area contributed by atoms with Crippen LogP contribution in [0.25, 0.3) is 0 Å². The van der Waals surface area contributed by atoms with Gasteiger partial charge in [-0.3, -0.25) is 0 Å². The van der Waals surface area contributed by atoms with E-state index in [0.29, 0.717) is 6.04 Å². The molecule has 0 heterocycles. The fourth-order valence-corrected chi connectivity index (χ4v) is 1.07. The molecule has 1 N–H and O–H groups in total. The summed E-state index contributed by atoms with van der Waals surface area (Å²) in [4.78, 5) is 0. The van der Waals surface area contributed by atoms with Crippen molar-refractivity contribution >= 4 is 0 Å². The highest BCUT2D eigenvalue weighted by atomic mass is 16.5. The zero-order chi connectivity index (χ0) is 9.94. The average molecular weight is 187 g/mol. The minimum atomic E-state index is 0.466. The normalized spacial score (nSPS) is 12.5. The summed E-state index contributed by atoms with van der Waals surface area (Å²) in [5, 5.41) is 3.39. The second kappa shape index (κ2) is 9.55. The van der Waals surface area contributed by atoms with Crippen molar-refractivity contribution < 1.29 is 9.47 Å². The second-order valence-corrected chi connectivity index (χ2v) is 2.91. The van der Waals surface area contributed by atoms with Gasteiger partial charge < -0.3 is 14.8 Å². The molecule has 78 valence electrons. The van der Waals surface area contributed by atoms with Gasteiger partial charge >= 0.3 is 0 Å². The Hall–Kier alpha value is -0.540. The molecule has 0 aliphatic heterocycles. The van der Waals surface area contributed by atoms with Crippen molar-refractivity contribution in [3.8, 4) is 0 Å². The maximum atomic E-state index is 5.06. The Kier molecular flexibility index (Phi) is 9.15. The highest BCUT2D eigenvalue weighted by Crippen LogP contribution is 1.91. The lowest BCUT2D eigenvalue weighted by molar-refractivity contribution is 0.162. The van der Waals surface area contributed by atoms with Gasteiger partial charge in [-0.25, -0.2) is 0 Å². The van der Waals surface area contributed by atoms with Crippen LogP contribution in [0.1, 0.15) is 19.8 Å². The van der Waals surface area contributed by atoms with E-state index in [4.69, 9.17) is 9.47 Å².